The Hall–Kier alpha value is -2.29. The number of hydrogen-bond donors (Lipinski definition) is 2. The molecule has 0 aliphatic rings. The second-order valence-corrected chi connectivity index (χ2v) is 22.4. The highest BCUT2D eigenvalue weighted by Gasteiger charge is 2.26. The zero-order chi connectivity index (χ0) is 53.8. The average Bonchev–Trinajstić information content (AvgIpc) is 3.39. The normalized spacial score (nSPS) is 13.4. The molecule has 0 aliphatic carbocycles. The maximum atomic E-state index is 12.7. The Bertz CT molecular complexity index is 1390. The first-order valence-corrected chi connectivity index (χ1v) is 32.8. The van der Waals surface area contributed by atoms with Gasteiger partial charge in [0.05, 0.1) is 13.2 Å². The summed E-state index contributed by atoms with van der Waals surface area (Å²) in [6, 6.07) is 0. The third-order valence-corrected chi connectivity index (χ3v) is 14.7. The molecule has 0 aromatic carbocycles. The first kappa shape index (κ1) is 71.7. The van der Waals surface area contributed by atoms with E-state index in [-0.39, 0.29) is 38.6 Å². The number of hydrogen-bond acceptors (Lipinski definition) is 8. The molecule has 0 spiro atoms. The highest BCUT2D eigenvalue weighted by atomic mass is 31.2. The minimum Gasteiger partial charge on any atom is -0.462 e. The number of unbranched alkanes of at least 4 members (excludes halogenated alkanes) is 36. The number of nitrogens with two attached hydrogens (primary N) is 1. The Morgan fingerprint density at radius 1 is 0.419 bits per heavy atom. The quantitative estimate of drug-likeness (QED) is 0.0264. The Labute approximate surface area is 457 Å². The van der Waals surface area contributed by atoms with Crippen LogP contribution in [0.2, 0.25) is 0 Å². The molecule has 0 radical (unpaired) electrons. The number of carbonyl (C=O) groups is 2. The van der Waals surface area contributed by atoms with Gasteiger partial charge in [0.2, 0.25) is 0 Å². The van der Waals surface area contributed by atoms with E-state index in [2.05, 4.69) is 74.6 Å². The van der Waals surface area contributed by atoms with E-state index in [1.165, 1.54) is 205 Å². The number of carbonyl (C=O) groups excluding carboxylic acids is 2. The van der Waals surface area contributed by atoms with Crippen LogP contribution < -0.4 is 5.73 Å². The molecule has 432 valence electrons. The summed E-state index contributed by atoms with van der Waals surface area (Å²) in [4.78, 5) is 35.1. The lowest BCUT2D eigenvalue weighted by Crippen LogP contribution is -2.29. The molecule has 2 atom stereocenters. The van der Waals surface area contributed by atoms with Crippen LogP contribution in [0.3, 0.4) is 0 Å². The van der Waals surface area contributed by atoms with Gasteiger partial charge in [0, 0.05) is 19.4 Å². The molecule has 74 heavy (non-hydrogen) atoms. The van der Waals surface area contributed by atoms with Crippen molar-refractivity contribution < 1.29 is 37.6 Å². The zero-order valence-electron chi connectivity index (χ0n) is 48.3. The van der Waals surface area contributed by atoms with Gasteiger partial charge in [-0.3, -0.25) is 18.6 Å². The van der Waals surface area contributed by atoms with Gasteiger partial charge in [0.1, 0.15) is 6.61 Å². The number of esters is 2. The van der Waals surface area contributed by atoms with Gasteiger partial charge in [0.25, 0.3) is 0 Å². The summed E-state index contributed by atoms with van der Waals surface area (Å²) >= 11 is 0. The summed E-state index contributed by atoms with van der Waals surface area (Å²) < 4.78 is 33.0. The van der Waals surface area contributed by atoms with Crippen molar-refractivity contribution >= 4 is 19.8 Å². The van der Waals surface area contributed by atoms with Gasteiger partial charge in [-0.1, -0.05) is 293 Å². The maximum absolute atomic E-state index is 12.7. The SMILES string of the molecule is CC/C=C\C/C=C\C/C=C\C/C=C\C/C=C\CCCCCCCCCCCCCCCCCCCCCCCCCCCC(=O)OC(COC(=O)CCCCCCCCCCCCCC)COP(=O)(O)OCCN. The molecule has 0 aliphatic heterocycles. The molecular weight excluding hydrogens is 942 g/mol. The van der Waals surface area contributed by atoms with Gasteiger partial charge >= 0.3 is 19.8 Å². The van der Waals surface area contributed by atoms with Crippen LogP contribution in [0.5, 0.6) is 0 Å². The van der Waals surface area contributed by atoms with Crippen molar-refractivity contribution in [3.05, 3.63) is 60.8 Å². The van der Waals surface area contributed by atoms with Crippen molar-refractivity contribution in [2.75, 3.05) is 26.4 Å². The van der Waals surface area contributed by atoms with E-state index in [9.17, 15) is 19.0 Å². The molecule has 0 aromatic heterocycles. The van der Waals surface area contributed by atoms with Gasteiger partial charge in [-0.15, -0.1) is 0 Å². The molecule has 0 saturated carbocycles. The second-order valence-electron chi connectivity index (χ2n) is 20.9. The van der Waals surface area contributed by atoms with Crippen LogP contribution in [0.1, 0.15) is 303 Å². The van der Waals surface area contributed by atoms with Gasteiger partial charge in [-0.2, -0.15) is 0 Å². The van der Waals surface area contributed by atoms with Crippen molar-refractivity contribution in [3.8, 4) is 0 Å². The van der Waals surface area contributed by atoms with Crippen LogP contribution in [0, 0.1) is 0 Å². The molecule has 0 saturated heterocycles. The Balaban J connectivity index is 3.72. The average molecular weight is 1060 g/mol. The molecular formula is C64H118NO8P. The highest BCUT2D eigenvalue weighted by Crippen LogP contribution is 2.43. The van der Waals surface area contributed by atoms with Crippen molar-refractivity contribution in [3.63, 3.8) is 0 Å². The summed E-state index contributed by atoms with van der Waals surface area (Å²) in [7, 11) is -4.38. The van der Waals surface area contributed by atoms with Crippen molar-refractivity contribution in [2.24, 2.45) is 5.73 Å². The van der Waals surface area contributed by atoms with E-state index >= 15 is 0 Å². The third-order valence-electron chi connectivity index (χ3n) is 13.7. The van der Waals surface area contributed by atoms with E-state index in [4.69, 9.17) is 24.3 Å². The summed E-state index contributed by atoms with van der Waals surface area (Å²) in [5.41, 5.74) is 5.38. The van der Waals surface area contributed by atoms with E-state index in [1.54, 1.807) is 0 Å². The summed E-state index contributed by atoms with van der Waals surface area (Å²) in [6.45, 7) is 3.66. The molecule has 0 amide bonds. The minimum absolute atomic E-state index is 0.0557. The van der Waals surface area contributed by atoms with Gasteiger partial charge in [-0.25, -0.2) is 4.57 Å². The van der Waals surface area contributed by atoms with E-state index in [0.29, 0.717) is 6.42 Å². The molecule has 0 fully saturated rings. The van der Waals surface area contributed by atoms with Crippen molar-refractivity contribution in [1.29, 1.82) is 0 Å². The molecule has 0 aromatic rings. The van der Waals surface area contributed by atoms with Crippen LogP contribution in [-0.2, 0) is 32.7 Å². The largest absolute Gasteiger partial charge is 0.472 e. The number of allylic oxidation sites excluding steroid dienone is 10. The van der Waals surface area contributed by atoms with Gasteiger partial charge in [0.15, 0.2) is 6.10 Å². The fourth-order valence-electron chi connectivity index (χ4n) is 9.08. The van der Waals surface area contributed by atoms with E-state index in [0.717, 1.165) is 64.2 Å². The highest BCUT2D eigenvalue weighted by molar-refractivity contribution is 7.47. The molecule has 3 N–H and O–H groups in total. The standard InChI is InChI=1S/C64H118NO8P/c1-3-5-7-9-11-13-15-17-18-19-20-21-22-23-24-25-26-27-28-29-30-31-32-33-34-35-36-37-38-39-40-41-42-43-44-45-47-49-51-53-55-57-64(67)73-62(61-72-74(68,69)71-59-58-65)60-70-63(66)56-54-52-50-48-46-16-14-12-10-8-6-4-2/h5,7,11,13,17-18,20-21,23-24,62H,3-4,6,8-10,12,14-16,19,22,25-61,65H2,1-2H3,(H,68,69)/b7-5-,13-11-,18-17-,21-20-,24-23-. The van der Waals surface area contributed by atoms with Crippen LogP contribution in [0.4, 0.5) is 0 Å². The predicted molar refractivity (Wildman–Crippen MR) is 316 cm³/mol. The third kappa shape index (κ3) is 59.0. The second kappa shape index (κ2) is 59.9. The minimum atomic E-state index is -4.38. The molecule has 0 heterocycles. The van der Waals surface area contributed by atoms with Crippen molar-refractivity contribution in [1.82, 2.24) is 0 Å². The molecule has 0 rings (SSSR count). The van der Waals surface area contributed by atoms with E-state index in [1.807, 2.05) is 0 Å². The number of ether oxygens (including phenoxy) is 2. The smallest absolute Gasteiger partial charge is 0.462 e. The number of rotatable bonds is 59. The monoisotopic (exact) mass is 1060 g/mol. The Kier molecular flexibility index (Phi) is 58.1. The molecule has 9 nitrogen and oxygen atoms in total. The van der Waals surface area contributed by atoms with Crippen LogP contribution in [0.25, 0.3) is 0 Å². The number of phosphoric ester groups is 1. The molecule has 0 bridgehead atoms. The zero-order valence-corrected chi connectivity index (χ0v) is 49.2. The Morgan fingerprint density at radius 2 is 0.743 bits per heavy atom. The van der Waals surface area contributed by atoms with Gasteiger partial charge in [-0.05, 0) is 57.8 Å². The predicted octanol–water partition coefficient (Wildman–Crippen LogP) is 19.9. The lowest BCUT2D eigenvalue weighted by Gasteiger charge is -2.19. The Morgan fingerprint density at radius 3 is 1.11 bits per heavy atom. The number of phosphoric acid groups is 1. The maximum Gasteiger partial charge on any atom is 0.472 e. The molecule has 10 heteroatoms. The lowest BCUT2D eigenvalue weighted by molar-refractivity contribution is -0.161. The topological polar surface area (TPSA) is 134 Å². The van der Waals surface area contributed by atoms with Gasteiger partial charge < -0.3 is 20.1 Å². The summed E-state index contributed by atoms with van der Waals surface area (Å²) in [5, 5.41) is 0. The van der Waals surface area contributed by atoms with Crippen LogP contribution >= 0.6 is 7.82 Å². The van der Waals surface area contributed by atoms with Crippen LogP contribution in [-0.4, -0.2) is 49.3 Å². The first-order chi connectivity index (χ1) is 36.3. The van der Waals surface area contributed by atoms with Crippen LogP contribution in [0.15, 0.2) is 60.8 Å². The fourth-order valence-corrected chi connectivity index (χ4v) is 9.84. The fraction of sp³-hybridized carbons (Fsp3) is 0.812. The summed E-state index contributed by atoms with van der Waals surface area (Å²) in [6.07, 6.45) is 76.1. The molecule has 2 unspecified atom stereocenters. The summed E-state index contributed by atoms with van der Waals surface area (Å²) in [5.74, 6) is -0.813. The van der Waals surface area contributed by atoms with E-state index < -0.39 is 26.5 Å². The van der Waals surface area contributed by atoms with Crippen molar-refractivity contribution in [2.45, 2.75) is 309 Å². The lowest BCUT2D eigenvalue weighted by atomic mass is 10.0. The first-order valence-electron chi connectivity index (χ1n) is 31.3.